The first kappa shape index (κ1) is 21.1. The van der Waals surface area contributed by atoms with Gasteiger partial charge in [-0.15, -0.1) is 0 Å². The molecule has 0 aliphatic rings. The third-order valence-electron chi connectivity index (χ3n) is 5.39. The number of hydrogen-bond acceptors (Lipinski definition) is 4. The molecule has 0 aliphatic carbocycles. The van der Waals surface area contributed by atoms with Gasteiger partial charge in [0.15, 0.2) is 11.6 Å². The summed E-state index contributed by atoms with van der Waals surface area (Å²) in [5, 5.41) is 3.64. The van der Waals surface area contributed by atoms with Gasteiger partial charge in [0.25, 0.3) is 5.91 Å². The molecule has 6 heteroatoms. The Kier molecular flexibility index (Phi) is 5.85. The quantitative estimate of drug-likeness (QED) is 0.285. The number of aromatic amines is 1. The van der Waals surface area contributed by atoms with Crippen LogP contribution in [-0.2, 0) is 6.42 Å². The summed E-state index contributed by atoms with van der Waals surface area (Å²) in [7, 11) is 0. The lowest BCUT2D eigenvalue weighted by atomic mass is 10.0. The second-order valence-electron chi connectivity index (χ2n) is 7.70. The second-order valence-corrected chi connectivity index (χ2v) is 7.70. The predicted octanol–water partition coefficient (Wildman–Crippen LogP) is 5.02. The number of fused-ring (bicyclic) bond motifs is 1. The molecule has 0 atom stereocenters. The number of anilines is 2. The molecule has 0 aliphatic heterocycles. The number of carbonyl (C=O) groups is 3. The van der Waals surface area contributed by atoms with Crippen LogP contribution in [0.5, 0.6) is 0 Å². The number of aryl methyl sites for hydroxylation is 1. The van der Waals surface area contributed by atoms with Crippen LogP contribution in [0, 0.1) is 0 Å². The molecule has 6 nitrogen and oxygen atoms in total. The highest BCUT2D eigenvalue weighted by Gasteiger charge is 2.12. The van der Waals surface area contributed by atoms with Crippen molar-refractivity contribution in [1.29, 1.82) is 0 Å². The number of H-pyrrole nitrogens is 1. The van der Waals surface area contributed by atoms with Gasteiger partial charge in [-0.1, -0.05) is 24.3 Å². The summed E-state index contributed by atoms with van der Waals surface area (Å²) in [6.07, 6.45) is 0.888. The molecule has 0 bridgehead atoms. The van der Waals surface area contributed by atoms with Gasteiger partial charge in [-0.05, 0) is 67.4 Å². The maximum atomic E-state index is 12.6. The van der Waals surface area contributed by atoms with Crippen LogP contribution in [0.4, 0.5) is 11.4 Å². The fourth-order valence-corrected chi connectivity index (χ4v) is 3.52. The predicted molar refractivity (Wildman–Crippen MR) is 126 cm³/mol. The molecule has 0 radical (unpaired) electrons. The van der Waals surface area contributed by atoms with E-state index < -0.39 is 0 Å². The largest absolute Gasteiger partial charge is 0.397 e. The lowest BCUT2D eigenvalue weighted by Crippen LogP contribution is -2.13. The van der Waals surface area contributed by atoms with Crippen molar-refractivity contribution in [2.24, 2.45) is 0 Å². The molecule has 4 aromatic rings. The monoisotopic (exact) mass is 425 g/mol. The van der Waals surface area contributed by atoms with Gasteiger partial charge in [-0.25, -0.2) is 0 Å². The fraction of sp³-hybridized carbons (Fsp3) is 0.115. The average molecular weight is 425 g/mol. The number of amides is 1. The lowest BCUT2D eigenvalue weighted by Gasteiger charge is -2.08. The van der Waals surface area contributed by atoms with E-state index in [-0.39, 0.29) is 17.5 Å². The molecule has 1 heterocycles. The van der Waals surface area contributed by atoms with Crippen molar-refractivity contribution >= 4 is 39.8 Å². The summed E-state index contributed by atoms with van der Waals surface area (Å²) in [5.41, 5.74) is 10.4. The van der Waals surface area contributed by atoms with Crippen LogP contribution in [0.15, 0.2) is 72.8 Å². The number of nitrogens with two attached hydrogens (primary N) is 1. The van der Waals surface area contributed by atoms with Crippen LogP contribution in [0.2, 0.25) is 0 Å². The molecule has 0 saturated heterocycles. The molecular formula is C26H23N3O3. The van der Waals surface area contributed by atoms with E-state index in [0.29, 0.717) is 41.0 Å². The highest BCUT2D eigenvalue weighted by atomic mass is 16.1. The maximum Gasteiger partial charge on any atom is 0.255 e. The van der Waals surface area contributed by atoms with Crippen molar-refractivity contribution in [3.05, 3.63) is 95.2 Å². The zero-order chi connectivity index (χ0) is 22.7. The Bertz CT molecular complexity index is 1320. The van der Waals surface area contributed by atoms with Crippen LogP contribution in [0.1, 0.15) is 50.1 Å². The number of benzene rings is 3. The molecule has 4 rings (SSSR count). The number of Topliss-reactive ketones (excluding diaryl/α,β-unsaturated/α-hetero) is 2. The van der Waals surface area contributed by atoms with E-state index in [4.69, 9.17) is 5.73 Å². The van der Waals surface area contributed by atoms with Gasteiger partial charge < -0.3 is 16.0 Å². The number of carbonyl (C=O) groups excluding carboxylic acids is 3. The lowest BCUT2D eigenvalue weighted by molar-refractivity contribution is 0.0976. The molecule has 3 aromatic carbocycles. The minimum atomic E-state index is -0.242. The molecule has 32 heavy (non-hydrogen) atoms. The Hall–Kier alpha value is -4.19. The Morgan fingerprint density at radius 2 is 1.62 bits per heavy atom. The Labute approximate surface area is 185 Å². The van der Waals surface area contributed by atoms with Gasteiger partial charge in [-0.2, -0.15) is 0 Å². The van der Waals surface area contributed by atoms with Gasteiger partial charge in [0, 0.05) is 28.5 Å². The van der Waals surface area contributed by atoms with Crippen molar-refractivity contribution in [2.75, 3.05) is 11.1 Å². The number of hydrogen-bond donors (Lipinski definition) is 3. The standard InChI is InChI=1S/C26H23N3O3/c1-16(30)19-11-12-22-20(14-19)15-24(28-22)25(31)13-8-17-6-9-18(10-7-17)26(32)29-23-5-3-2-4-21(23)27/h2-7,9-12,14-15,28H,8,13,27H2,1H3,(H,29,32). The SMILES string of the molecule is CC(=O)c1ccc2[nH]c(C(=O)CCc3ccc(C(=O)Nc4ccccc4N)cc3)cc2c1. The highest BCUT2D eigenvalue weighted by molar-refractivity contribution is 6.06. The van der Waals surface area contributed by atoms with E-state index in [1.807, 2.05) is 24.3 Å². The highest BCUT2D eigenvalue weighted by Crippen LogP contribution is 2.20. The summed E-state index contributed by atoms with van der Waals surface area (Å²) >= 11 is 0. The summed E-state index contributed by atoms with van der Waals surface area (Å²) in [6.45, 7) is 1.52. The van der Waals surface area contributed by atoms with E-state index in [2.05, 4.69) is 10.3 Å². The molecule has 1 amide bonds. The van der Waals surface area contributed by atoms with Gasteiger partial charge in [0.05, 0.1) is 17.1 Å². The molecule has 160 valence electrons. The Balaban J connectivity index is 1.38. The van der Waals surface area contributed by atoms with Gasteiger partial charge in [0.1, 0.15) is 0 Å². The molecule has 1 aromatic heterocycles. The van der Waals surface area contributed by atoms with Crippen molar-refractivity contribution in [2.45, 2.75) is 19.8 Å². The molecular weight excluding hydrogens is 402 g/mol. The third kappa shape index (κ3) is 4.59. The number of rotatable bonds is 7. The molecule has 0 fully saturated rings. The van der Waals surface area contributed by atoms with E-state index in [9.17, 15) is 14.4 Å². The topological polar surface area (TPSA) is 105 Å². The maximum absolute atomic E-state index is 12.6. The first-order valence-electron chi connectivity index (χ1n) is 10.3. The van der Waals surface area contributed by atoms with Crippen LogP contribution in [-0.4, -0.2) is 22.5 Å². The van der Waals surface area contributed by atoms with Crippen molar-refractivity contribution in [3.63, 3.8) is 0 Å². The molecule has 0 saturated carbocycles. The average Bonchev–Trinajstić information content (AvgIpc) is 3.23. The summed E-state index contributed by atoms with van der Waals surface area (Å²) in [5.74, 6) is -0.258. The minimum Gasteiger partial charge on any atom is -0.397 e. The van der Waals surface area contributed by atoms with Crippen molar-refractivity contribution < 1.29 is 14.4 Å². The first-order chi connectivity index (χ1) is 15.4. The summed E-state index contributed by atoms with van der Waals surface area (Å²) in [6, 6.07) is 21.4. The molecule has 0 unspecified atom stereocenters. The number of aromatic nitrogens is 1. The number of nitrogen functional groups attached to an aromatic ring is 1. The smallest absolute Gasteiger partial charge is 0.255 e. The minimum absolute atomic E-state index is 0.00746. The summed E-state index contributed by atoms with van der Waals surface area (Å²) < 4.78 is 0. The zero-order valence-electron chi connectivity index (χ0n) is 17.6. The van der Waals surface area contributed by atoms with Crippen molar-refractivity contribution in [3.8, 4) is 0 Å². The van der Waals surface area contributed by atoms with E-state index in [0.717, 1.165) is 16.5 Å². The van der Waals surface area contributed by atoms with Crippen molar-refractivity contribution in [1.82, 2.24) is 4.98 Å². The van der Waals surface area contributed by atoms with E-state index in [1.165, 1.54) is 6.92 Å². The normalized spacial score (nSPS) is 10.8. The zero-order valence-corrected chi connectivity index (χ0v) is 17.6. The summed E-state index contributed by atoms with van der Waals surface area (Å²) in [4.78, 5) is 39.8. The molecule has 0 spiro atoms. The van der Waals surface area contributed by atoms with Crippen LogP contribution >= 0.6 is 0 Å². The van der Waals surface area contributed by atoms with Crippen LogP contribution in [0.25, 0.3) is 10.9 Å². The number of ketones is 2. The van der Waals surface area contributed by atoms with Crippen LogP contribution < -0.4 is 11.1 Å². The van der Waals surface area contributed by atoms with Gasteiger partial charge in [0.2, 0.25) is 0 Å². The fourth-order valence-electron chi connectivity index (χ4n) is 3.52. The Morgan fingerprint density at radius 3 is 2.34 bits per heavy atom. The van der Waals surface area contributed by atoms with E-state index in [1.54, 1.807) is 48.5 Å². The van der Waals surface area contributed by atoms with Crippen LogP contribution in [0.3, 0.4) is 0 Å². The van der Waals surface area contributed by atoms with Gasteiger partial charge in [-0.3, -0.25) is 14.4 Å². The van der Waals surface area contributed by atoms with Gasteiger partial charge >= 0.3 is 0 Å². The first-order valence-corrected chi connectivity index (χ1v) is 10.3. The second kappa shape index (κ2) is 8.89. The third-order valence-corrected chi connectivity index (χ3v) is 5.39. The number of para-hydroxylation sites is 2. The Morgan fingerprint density at radius 1 is 0.906 bits per heavy atom. The van der Waals surface area contributed by atoms with E-state index >= 15 is 0 Å². The number of nitrogens with one attached hydrogen (secondary N) is 2. The molecule has 4 N–H and O–H groups in total.